The van der Waals surface area contributed by atoms with Gasteiger partial charge in [-0.3, -0.25) is 19.6 Å². The van der Waals surface area contributed by atoms with Crippen molar-refractivity contribution in [1.29, 1.82) is 0 Å². The van der Waals surface area contributed by atoms with Crippen LogP contribution >= 0.6 is 68.9 Å². The summed E-state index contributed by atoms with van der Waals surface area (Å²) in [6.07, 6.45) is 10.7. The minimum atomic E-state index is -0.314. The number of nitrogen functional groups attached to an aromatic ring is 6. The number of likely N-dealkylation sites (tertiary alicyclic amines) is 3. The largest absolute Gasteiger partial charge is 0.493 e. The molecule has 0 aliphatic carbocycles. The number of ether oxygens (including phenoxy) is 8. The topological polar surface area (TPSA) is 427 Å². The van der Waals surface area contributed by atoms with Crippen LogP contribution in [0, 0.1) is 41.5 Å². The molecular weight excluding hydrogens is 1760 g/mol. The molecule has 0 radical (unpaired) electrons. The second-order valence-corrected chi connectivity index (χ2v) is 39.4. The molecule has 4 saturated heterocycles. The highest BCUT2D eigenvalue weighted by molar-refractivity contribution is 7.99. The fourth-order valence-corrected chi connectivity index (χ4v) is 20.9. The Bertz CT molecular complexity index is 5610. The summed E-state index contributed by atoms with van der Waals surface area (Å²) in [7, 11) is 5.48. The molecule has 0 spiro atoms. The quantitative estimate of drug-likeness (QED) is 0.0161. The predicted molar refractivity (Wildman–Crippen MR) is 521 cm³/mol. The van der Waals surface area contributed by atoms with Crippen LogP contribution in [-0.4, -0.2) is 234 Å². The minimum Gasteiger partial charge on any atom is -0.493 e. The summed E-state index contributed by atoms with van der Waals surface area (Å²) in [5.74, 6) is 6.41. The lowest BCUT2D eigenvalue weighted by Gasteiger charge is -2.32. The molecular formula is C91H119N25O8S6. The number of aryl methyl sites for hydroxylation is 6. The van der Waals surface area contributed by atoms with Gasteiger partial charge in [-0.1, -0.05) is 29.9 Å². The van der Waals surface area contributed by atoms with E-state index in [4.69, 9.17) is 92.2 Å². The van der Waals surface area contributed by atoms with Crippen LogP contribution in [0.15, 0.2) is 108 Å². The Morgan fingerprint density at radius 3 is 1.04 bits per heavy atom. The van der Waals surface area contributed by atoms with Gasteiger partial charge < -0.3 is 77.2 Å². The molecule has 692 valence electrons. The van der Waals surface area contributed by atoms with E-state index in [1.807, 2.05) is 102 Å². The van der Waals surface area contributed by atoms with Crippen molar-refractivity contribution < 1.29 is 37.9 Å². The third kappa shape index (κ3) is 27.9. The van der Waals surface area contributed by atoms with Crippen LogP contribution in [0.3, 0.4) is 0 Å². The van der Waals surface area contributed by atoms with Crippen LogP contribution in [0.2, 0.25) is 0 Å². The fourth-order valence-electron chi connectivity index (χ4n) is 14.8. The summed E-state index contributed by atoms with van der Waals surface area (Å²) in [6.45, 7) is 37.6. The highest BCUT2D eigenvalue weighted by Gasteiger charge is 2.27. The Morgan fingerprint density at radius 2 is 0.677 bits per heavy atom. The smallest absolute Gasteiger partial charge is 0.319 e. The van der Waals surface area contributed by atoms with Crippen LogP contribution in [-0.2, 0) is 0 Å². The van der Waals surface area contributed by atoms with Gasteiger partial charge in [-0.15, -0.1) is 45.3 Å². The first kappa shape index (κ1) is 96.8. The number of benzene rings is 2. The van der Waals surface area contributed by atoms with Gasteiger partial charge in [0.25, 0.3) is 0 Å². The first-order valence-corrected chi connectivity index (χ1v) is 48.7. The van der Waals surface area contributed by atoms with Gasteiger partial charge >= 0.3 is 12.0 Å². The summed E-state index contributed by atoms with van der Waals surface area (Å²) < 4.78 is 46.9. The lowest BCUT2D eigenvalue weighted by Crippen LogP contribution is -2.45. The van der Waals surface area contributed by atoms with Crippen LogP contribution in [0.5, 0.6) is 46.8 Å². The molecule has 4 aliphatic heterocycles. The number of piperazine rings is 1. The molecule has 4 aliphatic rings. The summed E-state index contributed by atoms with van der Waals surface area (Å²) >= 11 is 9.54. The van der Waals surface area contributed by atoms with E-state index in [-0.39, 0.29) is 34.7 Å². The number of thioether (sulfide) groups is 2. The zero-order valence-corrected chi connectivity index (χ0v) is 81.1. The van der Waals surface area contributed by atoms with Gasteiger partial charge in [0.15, 0.2) is 33.3 Å². The molecule has 4 unspecified atom stereocenters. The second kappa shape index (κ2) is 46.9. The van der Waals surface area contributed by atoms with E-state index in [1.54, 1.807) is 96.2 Å². The van der Waals surface area contributed by atoms with E-state index in [1.165, 1.54) is 75.1 Å². The SMILES string of the molecule is COc1ccc(-c2nc(C(C)Oc3nc(C)cc(N)n3)c(C)s2)cc1OCCN1CCC1.COc1ccc(-c2nc(C(C)Oc3nc(C)cc(N)n3)c(C)s2)cc1OCCN1CCCC1.Cc1sc(-c2ccnc(OCCN3CCCCC3)c2)nc1C(C)Sc1nc(N)cc(N)n1.Cc1sc(-c2ccnc(OCCN3CCN(C)CC3)c2)nc1C(C)Sc1nc(N)cc(N)n1. The number of hydrogen-bond donors (Lipinski definition) is 6. The number of hydrogen-bond acceptors (Lipinski definition) is 39. The molecule has 4 atom stereocenters. The van der Waals surface area contributed by atoms with Crippen LogP contribution < -0.4 is 72.3 Å². The fraction of sp³-hybridized carbons (Fsp3) is 0.451. The summed E-state index contributed by atoms with van der Waals surface area (Å²) in [5, 5.41) is 4.89. The molecule has 39 heteroatoms. The number of piperidine rings is 1. The molecule has 14 heterocycles. The Balaban J connectivity index is 0.000000148. The van der Waals surface area contributed by atoms with Crippen molar-refractivity contribution in [3.8, 4) is 89.1 Å². The Hall–Kier alpha value is -10.7. The van der Waals surface area contributed by atoms with E-state index >= 15 is 0 Å². The third-order valence-corrected chi connectivity index (χ3v) is 27.9. The summed E-state index contributed by atoms with van der Waals surface area (Å²) in [4.78, 5) is 78.8. The van der Waals surface area contributed by atoms with Crippen molar-refractivity contribution in [2.45, 2.75) is 141 Å². The van der Waals surface area contributed by atoms with E-state index in [0.717, 1.165) is 197 Å². The molecule has 12 N–H and O–H groups in total. The Morgan fingerprint density at radius 1 is 0.346 bits per heavy atom. The highest BCUT2D eigenvalue weighted by atomic mass is 32.2. The summed E-state index contributed by atoms with van der Waals surface area (Å²) in [5.41, 5.74) is 44.0. The molecule has 130 heavy (non-hydrogen) atoms. The van der Waals surface area contributed by atoms with Crippen molar-refractivity contribution in [3.63, 3.8) is 0 Å². The molecule has 33 nitrogen and oxygen atoms in total. The van der Waals surface area contributed by atoms with Crippen LogP contribution in [0.4, 0.5) is 34.9 Å². The lowest BCUT2D eigenvalue weighted by molar-refractivity contribution is 0.132. The zero-order valence-electron chi connectivity index (χ0n) is 76.2. The van der Waals surface area contributed by atoms with Gasteiger partial charge in [0, 0.05) is 154 Å². The summed E-state index contributed by atoms with van der Waals surface area (Å²) in [6, 6.07) is 26.8. The van der Waals surface area contributed by atoms with Gasteiger partial charge in [-0.2, -0.15) is 9.97 Å². The molecule has 12 aromatic rings. The number of pyridine rings is 2. The van der Waals surface area contributed by atoms with Gasteiger partial charge in [0.1, 0.15) is 93.6 Å². The lowest BCUT2D eigenvalue weighted by atomic mass is 10.1. The normalized spacial score (nSPS) is 15.3. The monoisotopic (exact) mass is 1880 g/mol. The van der Waals surface area contributed by atoms with Gasteiger partial charge in [-0.25, -0.2) is 59.8 Å². The number of nitrogens with zero attached hydrogens (tertiary/aromatic N) is 19. The van der Waals surface area contributed by atoms with Gasteiger partial charge in [0.05, 0.1) is 47.5 Å². The van der Waals surface area contributed by atoms with Crippen molar-refractivity contribution in [2.24, 2.45) is 0 Å². The molecule has 4 fully saturated rings. The predicted octanol–water partition coefficient (Wildman–Crippen LogP) is 15.6. The Labute approximate surface area is 785 Å². The maximum absolute atomic E-state index is 6.10. The molecule has 0 amide bonds. The number of thiazole rings is 4. The molecule has 0 saturated carbocycles. The zero-order chi connectivity index (χ0) is 91.9. The van der Waals surface area contributed by atoms with Crippen LogP contribution in [0.1, 0.15) is 143 Å². The number of rotatable bonds is 34. The number of aromatic nitrogens is 14. The molecule has 10 aromatic heterocycles. The molecule has 2 aromatic carbocycles. The first-order chi connectivity index (χ1) is 62.7. The van der Waals surface area contributed by atoms with Gasteiger partial charge in [0.2, 0.25) is 11.8 Å². The van der Waals surface area contributed by atoms with Gasteiger partial charge in [-0.05, 0) is 196 Å². The third-order valence-electron chi connectivity index (χ3n) is 21.8. The Kier molecular flexibility index (Phi) is 34.9. The van der Waals surface area contributed by atoms with Crippen molar-refractivity contribution >= 4 is 104 Å². The number of methoxy groups -OCH3 is 2. The minimum absolute atomic E-state index is 0.0531. The average molecular weight is 1880 g/mol. The van der Waals surface area contributed by atoms with E-state index in [9.17, 15) is 0 Å². The number of nitrogens with two attached hydrogens (primary N) is 6. The highest BCUT2D eigenvalue weighted by Crippen LogP contribution is 2.44. The van der Waals surface area contributed by atoms with Crippen molar-refractivity contribution in [2.75, 3.05) is 174 Å². The van der Waals surface area contributed by atoms with E-state index in [2.05, 4.69) is 109 Å². The number of likely N-dealkylation sites (N-methyl/N-ethyl adjacent to an activating group) is 1. The average Bonchev–Trinajstić information content (AvgIpc) is 1.58. The second-order valence-electron chi connectivity index (χ2n) is 32.0. The first-order valence-electron chi connectivity index (χ1n) is 43.7. The molecule has 16 rings (SSSR count). The van der Waals surface area contributed by atoms with Crippen LogP contribution in [0.25, 0.3) is 42.3 Å². The number of anilines is 6. The van der Waals surface area contributed by atoms with Crippen molar-refractivity contribution in [1.82, 2.24) is 94.3 Å². The van der Waals surface area contributed by atoms with E-state index in [0.29, 0.717) is 83.4 Å². The standard InChI is InChI=1S/C24H31N5O3S.C23H29N5O3S.C22H30N8OS2.C22H29N7OS2/c1-15-13-21(25)27-24(26-15)32-16(2)22-17(3)33-23(28-22)18-7-8-19(30-4)20(14-18)31-12-11-29-9-5-6-10-29;1-14-12-20(24)26-23(25-14)31-15(2)21-16(3)32-22(27-21)17-6-7-18(29-4)19(13-17)30-11-10-28-8-5-9-28;1-14-20(15(2)33-22-26-17(23)13-18(24)27-22)28-21(32-14)16-4-5-25-19(12-16)31-11-10-30-8-6-29(3)7-9-30;1-14-20(15(2)32-22-26-17(23)13-18(24)27-22)28-21(31-14)16-6-7-25-19(12-16)30-11-10-29-8-4-3-5-9-29/h7-8,13-14,16H,5-6,9-12H2,1-4H3,(H2,25,26,27);6-7,12-13,15H,5,8-11H2,1-4H3,(H2,24,25,26);4-5,12-13,15H,6-11H2,1-3H3,(H4,23,24,26,27);6-7,12-13,15H,3-5,8-11H2,1-2H3,(H4,23,24,26,27). The van der Waals surface area contributed by atoms with E-state index < -0.39 is 0 Å². The maximum atomic E-state index is 6.10. The van der Waals surface area contributed by atoms with Crippen molar-refractivity contribution in [3.05, 3.63) is 151 Å². The maximum Gasteiger partial charge on any atom is 0.319 e. The molecule has 0 bridgehead atoms.